The minimum Gasteiger partial charge on any atom is -0.342 e. The molecule has 0 amide bonds. The highest BCUT2D eigenvalue weighted by Gasteiger charge is 2.12. The number of nitrogens with one attached hydrogen (secondary N) is 2. The second kappa shape index (κ2) is 7.99. The first kappa shape index (κ1) is 19.4. The molecule has 0 bridgehead atoms. The molecule has 0 atom stereocenters. The Morgan fingerprint density at radius 3 is 2.58 bits per heavy atom. The van der Waals surface area contributed by atoms with Crippen molar-refractivity contribution < 1.29 is 0 Å². The number of H-pyrrole nitrogens is 1. The molecule has 0 saturated carbocycles. The number of fused-ring (bicyclic) bond motifs is 1. The van der Waals surface area contributed by atoms with Crippen molar-refractivity contribution in [2.45, 2.75) is 0 Å². The van der Waals surface area contributed by atoms with Gasteiger partial charge in [-0.15, -0.1) is 11.3 Å². The molecule has 0 radical (unpaired) electrons. The van der Waals surface area contributed by atoms with Crippen LogP contribution in [0.3, 0.4) is 0 Å². The molecule has 6 aromatic rings. The molecule has 33 heavy (non-hydrogen) atoms. The summed E-state index contributed by atoms with van der Waals surface area (Å²) in [5.74, 6) is 1.42. The Hall–Kier alpha value is -4.30. The number of thiazole rings is 1. The van der Waals surface area contributed by atoms with Crippen LogP contribution >= 0.6 is 11.3 Å². The number of aromatic amines is 1. The van der Waals surface area contributed by atoms with Crippen molar-refractivity contribution in [3.63, 3.8) is 0 Å². The van der Waals surface area contributed by atoms with Gasteiger partial charge >= 0.3 is 0 Å². The van der Waals surface area contributed by atoms with Gasteiger partial charge in [0.25, 0.3) is 0 Å². The lowest BCUT2D eigenvalue weighted by molar-refractivity contribution is 0.975. The molecule has 7 nitrogen and oxygen atoms in total. The van der Waals surface area contributed by atoms with Crippen LogP contribution in [-0.4, -0.2) is 29.7 Å². The van der Waals surface area contributed by atoms with E-state index >= 15 is 0 Å². The molecule has 6 rings (SSSR count). The zero-order valence-corrected chi connectivity index (χ0v) is 18.5. The van der Waals surface area contributed by atoms with Gasteiger partial charge in [0.15, 0.2) is 5.82 Å². The summed E-state index contributed by atoms with van der Waals surface area (Å²) in [5.41, 5.74) is 6.30. The van der Waals surface area contributed by atoms with Crippen LogP contribution in [0.5, 0.6) is 0 Å². The average Bonchev–Trinajstić information content (AvgIpc) is 3.62. The Kier molecular flexibility index (Phi) is 4.70. The molecule has 8 heteroatoms. The van der Waals surface area contributed by atoms with Gasteiger partial charge in [0.1, 0.15) is 10.8 Å². The number of aryl methyl sites for hydroxylation is 1. The maximum atomic E-state index is 4.75. The summed E-state index contributed by atoms with van der Waals surface area (Å²) < 4.78 is 2.17. The molecule has 0 aliphatic carbocycles. The van der Waals surface area contributed by atoms with Gasteiger partial charge in [0.05, 0.1) is 11.9 Å². The van der Waals surface area contributed by atoms with E-state index in [4.69, 9.17) is 4.98 Å². The van der Waals surface area contributed by atoms with Crippen molar-refractivity contribution in [3.8, 4) is 33.2 Å². The third-order valence-corrected chi connectivity index (χ3v) is 6.40. The van der Waals surface area contributed by atoms with Gasteiger partial charge in [-0.1, -0.05) is 24.3 Å². The summed E-state index contributed by atoms with van der Waals surface area (Å²) >= 11 is 1.64. The van der Waals surface area contributed by atoms with E-state index in [1.54, 1.807) is 17.5 Å². The van der Waals surface area contributed by atoms with E-state index < -0.39 is 0 Å². The van der Waals surface area contributed by atoms with Crippen LogP contribution in [0.1, 0.15) is 0 Å². The fourth-order valence-electron chi connectivity index (χ4n) is 3.89. The Morgan fingerprint density at radius 2 is 1.79 bits per heavy atom. The van der Waals surface area contributed by atoms with Gasteiger partial charge in [-0.25, -0.2) is 15.0 Å². The third-order valence-electron chi connectivity index (χ3n) is 5.60. The monoisotopic (exact) mass is 449 g/mol. The van der Waals surface area contributed by atoms with E-state index in [1.807, 2.05) is 42.2 Å². The molecule has 0 fully saturated rings. The normalized spacial score (nSPS) is 11.2. The number of anilines is 2. The smallest absolute Gasteiger partial charge is 0.161 e. The van der Waals surface area contributed by atoms with Crippen LogP contribution in [0.4, 0.5) is 11.5 Å². The van der Waals surface area contributed by atoms with E-state index in [1.165, 1.54) is 5.39 Å². The largest absolute Gasteiger partial charge is 0.342 e. The van der Waals surface area contributed by atoms with Crippen molar-refractivity contribution in [3.05, 3.63) is 84.8 Å². The number of benzene rings is 2. The second-order valence-electron chi connectivity index (χ2n) is 7.65. The summed E-state index contributed by atoms with van der Waals surface area (Å²) in [6.07, 6.45) is 7.30. The lowest BCUT2D eigenvalue weighted by atomic mass is 10.1. The molecular weight excluding hydrogens is 430 g/mol. The van der Waals surface area contributed by atoms with Gasteiger partial charge < -0.3 is 9.88 Å². The number of hydrogen-bond acceptors (Lipinski definition) is 6. The maximum absolute atomic E-state index is 4.75. The predicted octanol–water partition coefficient (Wildman–Crippen LogP) is 5.89. The van der Waals surface area contributed by atoms with E-state index in [0.29, 0.717) is 5.82 Å². The Morgan fingerprint density at radius 1 is 0.909 bits per heavy atom. The van der Waals surface area contributed by atoms with Crippen molar-refractivity contribution in [1.29, 1.82) is 0 Å². The number of aromatic nitrogens is 6. The maximum Gasteiger partial charge on any atom is 0.161 e. The molecule has 4 heterocycles. The molecule has 4 aromatic heterocycles. The van der Waals surface area contributed by atoms with Gasteiger partial charge in [0.2, 0.25) is 0 Å². The van der Waals surface area contributed by atoms with Gasteiger partial charge in [-0.2, -0.15) is 5.10 Å². The van der Waals surface area contributed by atoms with E-state index in [0.717, 1.165) is 44.4 Å². The number of rotatable bonds is 5. The highest BCUT2D eigenvalue weighted by molar-refractivity contribution is 7.13. The van der Waals surface area contributed by atoms with Crippen LogP contribution in [0.2, 0.25) is 0 Å². The SMILES string of the molecule is Cn1c(-c2nccs2)cc2ccc(-c3nccc(Nc4ccc(-c5cn[nH]c5)cc4)n3)cc21. The quantitative estimate of drug-likeness (QED) is 0.343. The molecule has 0 aliphatic heterocycles. The molecule has 0 aliphatic rings. The Labute approximate surface area is 193 Å². The summed E-state index contributed by atoms with van der Waals surface area (Å²) in [6.45, 7) is 0. The molecule has 2 aromatic carbocycles. The molecule has 2 N–H and O–H groups in total. The summed E-state index contributed by atoms with van der Waals surface area (Å²) in [5, 5.41) is 14.4. The zero-order chi connectivity index (χ0) is 22.2. The highest BCUT2D eigenvalue weighted by atomic mass is 32.1. The third kappa shape index (κ3) is 3.66. The minimum absolute atomic E-state index is 0.675. The van der Waals surface area contributed by atoms with E-state index in [-0.39, 0.29) is 0 Å². The highest BCUT2D eigenvalue weighted by Crippen LogP contribution is 2.31. The van der Waals surface area contributed by atoms with Crippen molar-refractivity contribution in [2.24, 2.45) is 7.05 Å². The van der Waals surface area contributed by atoms with E-state index in [2.05, 4.69) is 73.5 Å². The lowest BCUT2D eigenvalue weighted by Gasteiger charge is -2.08. The summed E-state index contributed by atoms with van der Waals surface area (Å²) in [4.78, 5) is 13.7. The van der Waals surface area contributed by atoms with Gasteiger partial charge in [0, 0.05) is 58.7 Å². The number of hydrogen-bond donors (Lipinski definition) is 2. The summed E-state index contributed by atoms with van der Waals surface area (Å²) in [6, 6.07) is 18.5. The fraction of sp³-hybridized carbons (Fsp3) is 0.0400. The average molecular weight is 450 g/mol. The Balaban J connectivity index is 1.29. The van der Waals surface area contributed by atoms with Crippen molar-refractivity contribution >= 4 is 33.7 Å². The molecule has 0 spiro atoms. The molecule has 0 unspecified atom stereocenters. The molecule has 0 saturated heterocycles. The Bertz CT molecular complexity index is 1530. The lowest BCUT2D eigenvalue weighted by Crippen LogP contribution is -1.97. The van der Waals surface area contributed by atoms with Crippen LogP contribution in [0, 0.1) is 0 Å². The first-order valence-electron chi connectivity index (χ1n) is 10.4. The fourth-order valence-corrected chi connectivity index (χ4v) is 4.58. The first-order valence-corrected chi connectivity index (χ1v) is 11.3. The van der Waals surface area contributed by atoms with Crippen molar-refractivity contribution in [1.82, 2.24) is 29.7 Å². The topological polar surface area (TPSA) is 84.3 Å². The van der Waals surface area contributed by atoms with Crippen LogP contribution < -0.4 is 5.32 Å². The second-order valence-corrected chi connectivity index (χ2v) is 8.55. The predicted molar refractivity (Wildman–Crippen MR) is 132 cm³/mol. The van der Waals surface area contributed by atoms with Crippen LogP contribution in [0.25, 0.3) is 44.1 Å². The first-order chi connectivity index (χ1) is 16.2. The van der Waals surface area contributed by atoms with Gasteiger partial charge in [-0.05, 0) is 35.9 Å². The molecule has 160 valence electrons. The number of nitrogens with zero attached hydrogens (tertiary/aromatic N) is 5. The standard InChI is InChI=1S/C25H19N7S/c1-32-21-13-18(3-2-17(21)12-22(32)25-27-10-11-33-25)24-26-9-8-23(31-24)30-20-6-4-16(5-7-20)19-14-28-29-15-19/h2-15H,1H3,(H,28,29)(H,26,30,31). The van der Waals surface area contributed by atoms with E-state index in [9.17, 15) is 0 Å². The summed E-state index contributed by atoms with van der Waals surface area (Å²) in [7, 11) is 2.06. The minimum atomic E-state index is 0.675. The molecular formula is C25H19N7S. The van der Waals surface area contributed by atoms with Crippen LogP contribution in [-0.2, 0) is 7.05 Å². The van der Waals surface area contributed by atoms with Gasteiger partial charge in [-0.3, -0.25) is 5.10 Å². The zero-order valence-electron chi connectivity index (χ0n) is 17.7. The van der Waals surface area contributed by atoms with Crippen molar-refractivity contribution in [2.75, 3.05) is 5.32 Å². The van der Waals surface area contributed by atoms with Crippen LogP contribution in [0.15, 0.2) is 84.8 Å².